The lowest BCUT2D eigenvalue weighted by Crippen LogP contribution is -2.57. The van der Waals surface area contributed by atoms with E-state index in [9.17, 15) is 0 Å². The number of rotatable bonds is 2. The lowest BCUT2D eigenvalue weighted by atomic mass is 9.93. The van der Waals surface area contributed by atoms with Gasteiger partial charge in [-0.05, 0) is 30.9 Å². The van der Waals surface area contributed by atoms with Crippen LogP contribution in [0.1, 0.15) is 18.4 Å². The summed E-state index contributed by atoms with van der Waals surface area (Å²) in [5, 5.41) is 0. The SMILES string of the molecule is C#Cc1ccc(N2CC3CCC(C2)N(C2COC2)C3)nc1. The molecule has 4 aliphatic heterocycles. The van der Waals surface area contributed by atoms with Crippen molar-refractivity contribution in [3.05, 3.63) is 23.9 Å². The van der Waals surface area contributed by atoms with Crippen LogP contribution >= 0.6 is 0 Å². The summed E-state index contributed by atoms with van der Waals surface area (Å²) in [5.41, 5.74) is 0.852. The van der Waals surface area contributed by atoms with Gasteiger partial charge in [0.1, 0.15) is 5.82 Å². The fourth-order valence-electron chi connectivity index (χ4n) is 3.83. The molecule has 5 heterocycles. The third kappa shape index (κ3) is 2.41. The Kier molecular flexibility index (Phi) is 3.33. The smallest absolute Gasteiger partial charge is 0.128 e. The summed E-state index contributed by atoms with van der Waals surface area (Å²) in [6.07, 6.45) is 9.86. The van der Waals surface area contributed by atoms with Gasteiger partial charge in [-0.25, -0.2) is 4.98 Å². The Hall–Kier alpha value is -1.57. The van der Waals surface area contributed by atoms with Crippen LogP contribution in [0.2, 0.25) is 0 Å². The topological polar surface area (TPSA) is 28.6 Å². The van der Waals surface area contributed by atoms with Gasteiger partial charge in [0.05, 0.1) is 19.3 Å². The molecular formula is C17H21N3O. The highest BCUT2D eigenvalue weighted by molar-refractivity contribution is 5.43. The van der Waals surface area contributed by atoms with Crippen LogP contribution in [0.4, 0.5) is 5.82 Å². The third-order valence-corrected chi connectivity index (χ3v) is 5.08. The maximum Gasteiger partial charge on any atom is 0.128 e. The number of piperidine rings is 1. The summed E-state index contributed by atoms with van der Waals surface area (Å²) in [4.78, 5) is 9.69. The summed E-state index contributed by atoms with van der Waals surface area (Å²) in [6, 6.07) is 5.35. The fraction of sp³-hybridized carbons (Fsp3) is 0.588. The molecule has 0 amide bonds. The second-order valence-corrected chi connectivity index (χ2v) is 6.44. The van der Waals surface area contributed by atoms with E-state index in [1.165, 1.54) is 19.4 Å². The maximum atomic E-state index is 5.41. The van der Waals surface area contributed by atoms with Gasteiger partial charge in [-0.2, -0.15) is 0 Å². The minimum absolute atomic E-state index is 0.645. The summed E-state index contributed by atoms with van der Waals surface area (Å²) < 4.78 is 5.39. The second-order valence-electron chi connectivity index (χ2n) is 6.44. The molecule has 1 aromatic rings. The van der Waals surface area contributed by atoms with Crippen molar-refractivity contribution in [3.63, 3.8) is 0 Å². The van der Waals surface area contributed by atoms with Crippen molar-refractivity contribution < 1.29 is 4.74 Å². The average Bonchev–Trinajstić information content (AvgIpc) is 2.77. The zero-order chi connectivity index (χ0) is 14.2. The molecule has 0 N–H and O–H groups in total. The standard InChI is InChI=1S/C17H21N3O/c1-2-13-4-6-17(18-7-13)19-8-14-3-5-15(10-19)20(9-14)16-11-21-12-16/h1,4,6-7,14-16H,3,5,8-12H2. The molecule has 0 saturated carbocycles. The van der Waals surface area contributed by atoms with E-state index in [4.69, 9.17) is 11.2 Å². The minimum Gasteiger partial charge on any atom is -0.378 e. The number of aromatic nitrogens is 1. The highest BCUT2D eigenvalue weighted by Gasteiger charge is 2.40. The maximum absolute atomic E-state index is 5.41. The molecule has 4 saturated heterocycles. The first kappa shape index (κ1) is 13.1. The largest absolute Gasteiger partial charge is 0.378 e. The van der Waals surface area contributed by atoms with E-state index in [1.54, 1.807) is 6.20 Å². The van der Waals surface area contributed by atoms with E-state index >= 15 is 0 Å². The van der Waals surface area contributed by atoms with Crippen LogP contribution in [0.15, 0.2) is 18.3 Å². The quantitative estimate of drug-likeness (QED) is 0.766. The summed E-state index contributed by atoms with van der Waals surface area (Å²) in [6.45, 7) is 5.24. The zero-order valence-corrected chi connectivity index (χ0v) is 12.2. The molecule has 1 aromatic heterocycles. The molecule has 2 bridgehead atoms. The summed E-state index contributed by atoms with van der Waals surface area (Å²) in [7, 11) is 0. The highest BCUT2D eigenvalue weighted by Crippen LogP contribution is 2.32. The van der Waals surface area contributed by atoms with E-state index in [1.807, 2.05) is 6.07 Å². The van der Waals surface area contributed by atoms with E-state index < -0.39 is 0 Å². The van der Waals surface area contributed by atoms with E-state index in [2.05, 4.69) is 26.8 Å². The van der Waals surface area contributed by atoms with Gasteiger partial charge in [0.15, 0.2) is 0 Å². The number of pyridine rings is 1. The molecule has 21 heavy (non-hydrogen) atoms. The average molecular weight is 283 g/mol. The Morgan fingerprint density at radius 3 is 2.71 bits per heavy atom. The molecule has 0 aromatic carbocycles. The Morgan fingerprint density at radius 1 is 1.14 bits per heavy atom. The van der Waals surface area contributed by atoms with Crippen LogP contribution in [-0.4, -0.2) is 54.8 Å². The lowest BCUT2D eigenvalue weighted by molar-refractivity contribution is -0.0889. The predicted molar refractivity (Wildman–Crippen MR) is 82.2 cm³/mol. The van der Waals surface area contributed by atoms with E-state index in [0.29, 0.717) is 12.1 Å². The first-order valence-corrected chi connectivity index (χ1v) is 7.84. The van der Waals surface area contributed by atoms with Crippen molar-refractivity contribution in [2.45, 2.75) is 24.9 Å². The molecule has 4 aliphatic rings. The molecule has 0 radical (unpaired) electrons. The fourth-order valence-corrected chi connectivity index (χ4v) is 3.83. The zero-order valence-electron chi connectivity index (χ0n) is 12.2. The van der Waals surface area contributed by atoms with E-state index in [-0.39, 0.29) is 0 Å². The van der Waals surface area contributed by atoms with Crippen molar-refractivity contribution in [2.24, 2.45) is 5.92 Å². The van der Waals surface area contributed by atoms with Gasteiger partial charge in [-0.1, -0.05) is 5.92 Å². The minimum atomic E-state index is 0.645. The number of hydrogen-bond acceptors (Lipinski definition) is 4. The molecule has 4 fully saturated rings. The van der Waals surface area contributed by atoms with Crippen LogP contribution in [-0.2, 0) is 4.74 Å². The monoisotopic (exact) mass is 283 g/mol. The van der Waals surface area contributed by atoms with Gasteiger partial charge < -0.3 is 9.64 Å². The molecule has 4 heteroatoms. The number of anilines is 1. The number of ether oxygens (including phenoxy) is 1. The van der Waals surface area contributed by atoms with Crippen LogP contribution in [0.5, 0.6) is 0 Å². The first-order chi connectivity index (χ1) is 10.3. The van der Waals surface area contributed by atoms with Gasteiger partial charge in [-0.3, -0.25) is 4.90 Å². The van der Waals surface area contributed by atoms with Crippen LogP contribution in [0.25, 0.3) is 0 Å². The van der Waals surface area contributed by atoms with Gasteiger partial charge in [0, 0.05) is 37.4 Å². The van der Waals surface area contributed by atoms with Gasteiger partial charge in [0.2, 0.25) is 0 Å². The van der Waals surface area contributed by atoms with Crippen molar-refractivity contribution in [2.75, 3.05) is 37.7 Å². The molecule has 0 spiro atoms. The Bertz CT molecular complexity index is 546. The second kappa shape index (κ2) is 5.32. The molecule has 2 atom stereocenters. The molecular weight excluding hydrogens is 262 g/mol. The summed E-state index contributed by atoms with van der Waals surface area (Å²) in [5.74, 6) is 4.45. The predicted octanol–water partition coefficient (Wildman–Crippen LogP) is 1.36. The molecule has 0 aliphatic carbocycles. The van der Waals surface area contributed by atoms with Crippen molar-refractivity contribution in [3.8, 4) is 12.3 Å². The van der Waals surface area contributed by atoms with Gasteiger partial charge in [-0.15, -0.1) is 6.42 Å². The van der Waals surface area contributed by atoms with Gasteiger partial charge in [0.25, 0.3) is 0 Å². The third-order valence-electron chi connectivity index (χ3n) is 5.08. The lowest BCUT2D eigenvalue weighted by Gasteiger charge is -2.44. The van der Waals surface area contributed by atoms with Crippen LogP contribution in [0.3, 0.4) is 0 Å². The number of nitrogens with zero attached hydrogens (tertiary/aromatic N) is 3. The Morgan fingerprint density at radius 2 is 2.05 bits per heavy atom. The van der Waals surface area contributed by atoms with Crippen molar-refractivity contribution in [1.29, 1.82) is 0 Å². The first-order valence-electron chi connectivity index (χ1n) is 7.84. The molecule has 4 nitrogen and oxygen atoms in total. The molecule has 2 unspecified atom stereocenters. The molecule has 110 valence electrons. The van der Waals surface area contributed by atoms with Crippen molar-refractivity contribution >= 4 is 5.82 Å². The number of terminal acetylenes is 1. The number of hydrogen-bond donors (Lipinski definition) is 0. The van der Waals surface area contributed by atoms with Crippen LogP contribution in [0, 0.1) is 18.3 Å². The summed E-state index contributed by atoms with van der Waals surface area (Å²) >= 11 is 0. The van der Waals surface area contributed by atoms with Crippen LogP contribution < -0.4 is 4.90 Å². The normalized spacial score (nSPS) is 29.8. The van der Waals surface area contributed by atoms with Gasteiger partial charge >= 0.3 is 0 Å². The molecule has 5 rings (SSSR count). The Balaban J connectivity index is 1.53. The highest BCUT2D eigenvalue weighted by atomic mass is 16.5. The number of fused-ring (bicyclic) bond motifs is 4. The Labute approximate surface area is 126 Å². The van der Waals surface area contributed by atoms with Crippen molar-refractivity contribution in [1.82, 2.24) is 9.88 Å². The van der Waals surface area contributed by atoms with E-state index in [0.717, 1.165) is 43.6 Å².